The molecule has 0 amide bonds. The minimum absolute atomic E-state index is 0.182. The van der Waals surface area contributed by atoms with Crippen LogP contribution < -0.4 is 31.3 Å². The molecule has 3 fully saturated rings. The number of ether oxygens (including phenoxy) is 1. The van der Waals surface area contributed by atoms with Crippen molar-refractivity contribution in [2.75, 3.05) is 39.7 Å². The summed E-state index contributed by atoms with van der Waals surface area (Å²) in [5, 5.41) is 44.0. The zero-order valence-corrected chi connectivity index (χ0v) is 53.7. The quantitative estimate of drug-likeness (QED) is 0.0184. The number of fused-ring (bicyclic) bond motifs is 3. The SMILES string of the molecule is C=CCNc1nc(NCCCCC)nc2c1ncn2CC(=O)O.O=C(O)Cn1cnc2c(NC3CCCCC3)nc(NCc3ccc(C4CCCCC4)cc3)nc21.O=C(O)Cn1cnc2c(Oc3cccc(Br)c3)nc(NCc3ccc(C4CCCCC4)cc3)nc21. The van der Waals surface area contributed by atoms with Crippen molar-refractivity contribution in [1.29, 1.82) is 0 Å². The van der Waals surface area contributed by atoms with Crippen LogP contribution in [0.25, 0.3) is 33.5 Å². The summed E-state index contributed by atoms with van der Waals surface area (Å²) in [6, 6.07) is 25.4. The van der Waals surface area contributed by atoms with E-state index in [0.29, 0.717) is 106 Å². The average molecular weight is 1320 g/mol. The highest BCUT2D eigenvalue weighted by Gasteiger charge is 2.23. The third-order valence-corrected chi connectivity index (χ3v) is 17.2. The van der Waals surface area contributed by atoms with Crippen LogP contribution in [0, 0.1) is 0 Å². The number of unbranched alkanes of at least 4 members (excludes halogenated alkanes) is 2. The predicted octanol–water partition coefficient (Wildman–Crippen LogP) is 13.6. The molecule has 12 rings (SSSR count). The highest BCUT2D eigenvalue weighted by Crippen LogP contribution is 2.35. The molecular weight excluding hydrogens is 1230 g/mol. The summed E-state index contributed by atoms with van der Waals surface area (Å²) in [6.45, 7) is 7.62. The van der Waals surface area contributed by atoms with Crippen LogP contribution in [-0.2, 0) is 47.1 Å². The summed E-state index contributed by atoms with van der Waals surface area (Å²) in [6.07, 6.45) is 28.5. The molecule has 0 saturated heterocycles. The molecule has 8 N–H and O–H groups in total. The lowest BCUT2D eigenvalue weighted by Gasteiger charge is -2.23. The average Bonchev–Trinajstić information content (AvgIpc) is 1.76. The van der Waals surface area contributed by atoms with Crippen LogP contribution in [0.5, 0.6) is 11.6 Å². The van der Waals surface area contributed by atoms with Gasteiger partial charge in [-0.2, -0.15) is 29.9 Å². The largest absolute Gasteiger partial charge is 0.480 e. The van der Waals surface area contributed by atoms with E-state index in [1.165, 1.54) is 128 Å². The van der Waals surface area contributed by atoms with Crippen LogP contribution in [0.2, 0.25) is 0 Å². The van der Waals surface area contributed by atoms with Gasteiger partial charge in [-0.1, -0.05) is 154 Å². The van der Waals surface area contributed by atoms with E-state index in [9.17, 15) is 24.6 Å². The van der Waals surface area contributed by atoms with Crippen LogP contribution in [0.1, 0.15) is 157 Å². The number of benzene rings is 3. The van der Waals surface area contributed by atoms with Gasteiger partial charge in [0.25, 0.3) is 5.88 Å². The summed E-state index contributed by atoms with van der Waals surface area (Å²) in [7, 11) is 0. The zero-order valence-electron chi connectivity index (χ0n) is 52.1. The lowest BCUT2D eigenvalue weighted by Crippen LogP contribution is -2.23. The second-order valence-corrected chi connectivity index (χ2v) is 24.6. The van der Waals surface area contributed by atoms with Gasteiger partial charge in [0.2, 0.25) is 17.8 Å². The molecule has 92 heavy (non-hydrogen) atoms. The van der Waals surface area contributed by atoms with Crippen molar-refractivity contribution in [3.05, 3.63) is 131 Å². The van der Waals surface area contributed by atoms with E-state index in [0.717, 1.165) is 48.7 Å². The Labute approximate surface area is 542 Å². The molecule has 0 aliphatic heterocycles. The number of hydrogen-bond acceptors (Lipinski definition) is 18. The molecule has 0 radical (unpaired) electrons. The maximum absolute atomic E-state index is 11.3. The maximum atomic E-state index is 11.3. The highest BCUT2D eigenvalue weighted by molar-refractivity contribution is 9.10. The van der Waals surface area contributed by atoms with Gasteiger partial charge in [0.15, 0.2) is 45.1 Å². The van der Waals surface area contributed by atoms with Crippen LogP contribution in [-0.4, -0.2) is 111 Å². The van der Waals surface area contributed by atoms with Gasteiger partial charge in [-0.05, 0) is 97.2 Å². The smallest absolute Gasteiger partial charge is 0.323 e. The molecule has 0 bridgehead atoms. The molecule has 3 aromatic carbocycles. The second kappa shape index (κ2) is 32.7. The Hall–Kier alpha value is -9.26. The highest BCUT2D eigenvalue weighted by atomic mass is 79.9. The van der Waals surface area contributed by atoms with Crippen molar-refractivity contribution >= 4 is 96.8 Å². The lowest BCUT2D eigenvalue weighted by molar-refractivity contribution is -0.138. The van der Waals surface area contributed by atoms with Crippen LogP contribution >= 0.6 is 15.9 Å². The van der Waals surface area contributed by atoms with E-state index in [4.69, 9.17) is 14.8 Å². The monoisotopic (exact) mass is 1320 g/mol. The summed E-state index contributed by atoms with van der Waals surface area (Å²) in [4.78, 5) is 73.8. The lowest BCUT2D eigenvalue weighted by atomic mass is 9.84. The fourth-order valence-electron chi connectivity index (χ4n) is 12.0. The van der Waals surface area contributed by atoms with Crippen molar-refractivity contribution in [3.8, 4) is 11.6 Å². The Balaban J connectivity index is 0.000000155. The molecule has 0 atom stereocenters. The van der Waals surface area contributed by atoms with E-state index < -0.39 is 17.9 Å². The molecule has 0 unspecified atom stereocenters. The fourth-order valence-corrected chi connectivity index (χ4v) is 12.4. The second-order valence-electron chi connectivity index (χ2n) is 23.7. The number of anilines is 5. The standard InChI is InChI=1S/C26H26BrN5O3.C26H34N6O2.C15H22N6O2/c27-20-7-4-8-21(13-20)35-25-23-24(32(16-29-23)15-22(33)34)30-26(31-25)28-14-17-9-11-19(12-10-17)18-5-2-1-3-6-18;33-22(34)16-32-17-28-23-24(29-21-9-5-2-6-10-21)30-26(31-25(23)32)27-15-18-11-13-20(14-12-18)19-7-3-1-4-8-19;1-3-5-6-8-17-15-19-13(16-7-4-2)12-14(20-15)21(10-18-12)9-11(22)23/h4,7-13,16,18H,1-3,5-6,14-15H2,(H,33,34)(H,28,30,31);11-14,17,19,21H,1-10,15-16H2,(H,33,34)(H2,27,29,30,31);4,10H,2-3,5-9H2,1H3,(H,22,23)(H2,16,17,19,20). The summed E-state index contributed by atoms with van der Waals surface area (Å²) in [5.74, 6) is 1.89. The van der Waals surface area contributed by atoms with Crippen molar-refractivity contribution in [3.63, 3.8) is 0 Å². The first-order valence-corrected chi connectivity index (χ1v) is 32.9. The molecule has 25 heteroatoms. The van der Waals surface area contributed by atoms with Crippen LogP contribution in [0.15, 0.2) is 109 Å². The minimum atomic E-state index is -0.982. The molecule has 0 spiro atoms. The van der Waals surface area contributed by atoms with E-state index in [1.807, 2.05) is 24.3 Å². The van der Waals surface area contributed by atoms with E-state index in [2.05, 4.69) is 144 Å². The van der Waals surface area contributed by atoms with Gasteiger partial charge in [-0.25, -0.2) is 15.0 Å². The third-order valence-electron chi connectivity index (χ3n) is 16.7. The Morgan fingerprint density at radius 3 is 1.53 bits per heavy atom. The van der Waals surface area contributed by atoms with Gasteiger partial charge in [0.1, 0.15) is 25.4 Å². The number of nitrogens with zero attached hydrogens (tertiary/aromatic N) is 12. The Bertz CT molecular complexity index is 3910. The maximum Gasteiger partial charge on any atom is 0.323 e. The summed E-state index contributed by atoms with van der Waals surface area (Å²) < 4.78 is 11.4. The fraction of sp³-hybridized carbons (Fsp3) is 0.433. The predicted molar refractivity (Wildman–Crippen MR) is 359 cm³/mol. The van der Waals surface area contributed by atoms with Crippen molar-refractivity contribution in [2.45, 2.75) is 173 Å². The number of nitrogens with one attached hydrogen (secondary N) is 5. The third kappa shape index (κ3) is 18.2. The number of halogens is 1. The first kappa shape index (κ1) is 65.7. The number of aliphatic carboxylic acids is 3. The normalized spacial score (nSPS) is 14.6. The van der Waals surface area contributed by atoms with Gasteiger partial charge in [-0.15, -0.1) is 6.58 Å². The van der Waals surface area contributed by atoms with Gasteiger partial charge >= 0.3 is 17.9 Å². The molecule has 3 aliphatic rings. The van der Waals surface area contributed by atoms with Crippen LogP contribution in [0.4, 0.5) is 29.5 Å². The number of rotatable bonds is 26. The van der Waals surface area contributed by atoms with E-state index in [1.54, 1.807) is 10.6 Å². The molecule has 3 aliphatic carbocycles. The topological polar surface area (TPSA) is 312 Å². The number of carboxylic acids is 3. The van der Waals surface area contributed by atoms with Gasteiger partial charge in [0, 0.05) is 36.7 Å². The molecule has 6 aromatic heterocycles. The molecule has 3 saturated carbocycles. The van der Waals surface area contributed by atoms with Crippen LogP contribution in [0.3, 0.4) is 0 Å². The Morgan fingerprint density at radius 1 is 0.565 bits per heavy atom. The van der Waals surface area contributed by atoms with Gasteiger partial charge in [0.05, 0.1) is 19.0 Å². The Kier molecular flexibility index (Phi) is 23.3. The summed E-state index contributed by atoms with van der Waals surface area (Å²) >= 11 is 3.44. The zero-order chi connectivity index (χ0) is 64.2. The van der Waals surface area contributed by atoms with Crippen molar-refractivity contribution in [1.82, 2.24) is 58.6 Å². The van der Waals surface area contributed by atoms with E-state index in [-0.39, 0.29) is 25.5 Å². The molecule has 6 heterocycles. The first-order chi connectivity index (χ1) is 44.9. The van der Waals surface area contributed by atoms with E-state index >= 15 is 0 Å². The molecular formula is C67H82BrN17O7. The van der Waals surface area contributed by atoms with Gasteiger partial charge in [-0.3, -0.25) is 14.4 Å². The minimum Gasteiger partial charge on any atom is -0.480 e. The first-order valence-electron chi connectivity index (χ1n) is 32.1. The molecule has 24 nitrogen and oxygen atoms in total. The number of carbonyl (C=O) groups is 3. The number of hydrogen-bond donors (Lipinski definition) is 8. The number of aromatic nitrogens is 12. The number of carboxylic acid groups (broad SMARTS) is 3. The molecule has 484 valence electrons. The number of imidazole rings is 3. The van der Waals surface area contributed by atoms with Crippen molar-refractivity contribution < 1.29 is 34.4 Å². The Morgan fingerprint density at radius 2 is 1.03 bits per heavy atom. The summed E-state index contributed by atoms with van der Waals surface area (Å²) in [5.41, 5.74) is 8.12. The van der Waals surface area contributed by atoms with Crippen molar-refractivity contribution in [2.24, 2.45) is 0 Å². The molecule has 9 aromatic rings. The van der Waals surface area contributed by atoms with Gasteiger partial charge < -0.3 is 60.3 Å².